The number of halogens is 1. The Hall–Kier alpha value is -2.23. The topological polar surface area (TPSA) is 102 Å². The Morgan fingerprint density at radius 2 is 1.82 bits per heavy atom. The fraction of sp³-hybridized carbons (Fsp3) is 0.263. The van der Waals surface area contributed by atoms with Gasteiger partial charge in [-0.2, -0.15) is 0 Å². The highest BCUT2D eigenvalue weighted by molar-refractivity contribution is 9.10. The minimum absolute atomic E-state index is 0.0333. The van der Waals surface area contributed by atoms with Crippen LogP contribution in [0.4, 0.5) is 0 Å². The van der Waals surface area contributed by atoms with Crippen LogP contribution in [-0.2, 0) is 24.3 Å². The van der Waals surface area contributed by atoms with Crippen molar-refractivity contribution in [3.8, 4) is 0 Å². The standard InChI is InChI=1S/C19H21BrN2O5S/c1-27-19(24)13-17(14-6-5-7-15(20)12-14)22-18(23)10-11-21-28(25,26)16-8-3-2-4-9-16/h2-9,12,17,21H,10-11,13H2,1H3,(H,22,23). The predicted octanol–water partition coefficient (Wildman–Crippen LogP) is 2.54. The van der Waals surface area contributed by atoms with Gasteiger partial charge in [0.25, 0.3) is 0 Å². The first kappa shape index (κ1) is 22.1. The lowest BCUT2D eigenvalue weighted by Gasteiger charge is -2.18. The molecule has 1 amide bonds. The number of esters is 1. The summed E-state index contributed by atoms with van der Waals surface area (Å²) in [5.41, 5.74) is 0.734. The van der Waals surface area contributed by atoms with Crippen LogP contribution < -0.4 is 10.0 Å². The Labute approximate surface area is 172 Å². The van der Waals surface area contributed by atoms with E-state index < -0.39 is 22.0 Å². The molecule has 2 N–H and O–H groups in total. The van der Waals surface area contributed by atoms with E-state index in [-0.39, 0.29) is 30.2 Å². The van der Waals surface area contributed by atoms with Crippen molar-refractivity contribution in [3.05, 3.63) is 64.6 Å². The lowest BCUT2D eigenvalue weighted by atomic mass is 10.0. The molecule has 0 aliphatic heterocycles. The average molecular weight is 469 g/mol. The summed E-state index contributed by atoms with van der Waals surface area (Å²) >= 11 is 3.36. The third-order valence-corrected chi connectivity index (χ3v) is 5.85. The highest BCUT2D eigenvalue weighted by atomic mass is 79.9. The SMILES string of the molecule is COC(=O)CC(NC(=O)CCNS(=O)(=O)c1ccccc1)c1cccc(Br)c1. The Balaban J connectivity index is 1.97. The van der Waals surface area contributed by atoms with Gasteiger partial charge in [0.05, 0.1) is 24.5 Å². The van der Waals surface area contributed by atoms with Crippen molar-refractivity contribution in [2.24, 2.45) is 0 Å². The summed E-state index contributed by atoms with van der Waals surface area (Å²) < 4.78 is 32.2. The molecule has 0 aliphatic rings. The molecule has 7 nitrogen and oxygen atoms in total. The smallest absolute Gasteiger partial charge is 0.307 e. The number of methoxy groups -OCH3 is 1. The summed E-state index contributed by atoms with van der Waals surface area (Å²) in [6.45, 7) is -0.0630. The van der Waals surface area contributed by atoms with E-state index in [0.717, 1.165) is 10.0 Å². The number of hydrogen-bond acceptors (Lipinski definition) is 5. The first-order valence-corrected chi connectivity index (χ1v) is 10.8. The van der Waals surface area contributed by atoms with Crippen molar-refractivity contribution in [1.82, 2.24) is 10.0 Å². The maximum Gasteiger partial charge on any atom is 0.307 e. The van der Waals surface area contributed by atoms with E-state index in [0.29, 0.717) is 0 Å². The van der Waals surface area contributed by atoms with Gasteiger partial charge in [-0.3, -0.25) is 9.59 Å². The number of rotatable bonds is 9. The van der Waals surface area contributed by atoms with E-state index in [1.165, 1.54) is 19.2 Å². The number of hydrogen-bond donors (Lipinski definition) is 2. The number of carbonyl (C=O) groups is 2. The lowest BCUT2D eigenvalue weighted by molar-refractivity contribution is -0.141. The normalized spacial score (nSPS) is 12.2. The van der Waals surface area contributed by atoms with Crippen molar-refractivity contribution in [2.75, 3.05) is 13.7 Å². The number of amides is 1. The number of benzene rings is 2. The molecule has 0 saturated heterocycles. The molecule has 9 heteroatoms. The number of nitrogens with one attached hydrogen (secondary N) is 2. The number of ether oxygens (including phenoxy) is 1. The van der Waals surface area contributed by atoms with Crippen LogP contribution in [-0.4, -0.2) is 33.9 Å². The summed E-state index contributed by atoms with van der Waals surface area (Å²) in [6, 6.07) is 14.5. The molecular weight excluding hydrogens is 448 g/mol. The molecule has 0 aromatic heterocycles. The van der Waals surface area contributed by atoms with Gasteiger partial charge in [0.2, 0.25) is 15.9 Å². The zero-order valence-corrected chi connectivity index (χ0v) is 17.6. The molecule has 0 spiro atoms. The Kier molecular flexibility index (Phi) is 8.16. The molecule has 2 aromatic carbocycles. The molecule has 0 saturated carbocycles. The highest BCUT2D eigenvalue weighted by Crippen LogP contribution is 2.21. The molecule has 1 unspecified atom stereocenters. The molecular formula is C19H21BrN2O5S. The Morgan fingerprint density at radius 3 is 2.46 bits per heavy atom. The Bertz CT molecular complexity index is 919. The molecule has 0 radical (unpaired) electrons. The first-order chi connectivity index (χ1) is 13.3. The molecule has 28 heavy (non-hydrogen) atoms. The van der Waals surface area contributed by atoms with Crippen molar-refractivity contribution in [2.45, 2.75) is 23.8 Å². The second kappa shape index (κ2) is 10.4. The summed E-state index contributed by atoms with van der Waals surface area (Å²) in [4.78, 5) is 24.1. The fourth-order valence-corrected chi connectivity index (χ4v) is 3.94. The van der Waals surface area contributed by atoms with Gasteiger partial charge in [-0.25, -0.2) is 13.1 Å². The van der Waals surface area contributed by atoms with E-state index in [1.54, 1.807) is 36.4 Å². The van der Waals surface area contributed by atoms with Crippen LogP contribution in [0.25, 0.3) is 0 Å². The summed E-state index contributed by atoms with van der Waals surface area (Å²) in [7, 11) is -2.40. The fourth-order valence-electron chi connectivity index (χ4n) is 2.47. The predicted molar refractivity (Wildman–Crippen MR) is 108 cm³/mol. The van der Waals surface area contributed by atoms with Crippen LogP contribution in [0, 0.1) is 0 Å². The van der Waals surface area contributed by atoms with Gasteiger partial charge < -0.3 is 10.1 Å². The molecule has 2 rings (SSSR count). The second-order valence-corrected chi connectivity index (χ2v) is 8.60. The summed E-state index contributed by atoms with van der Waals surface area (Å²) in [6.07, 6.45) is -0.105. The van der Waals surface area contributed by atoms with Crippen molar-refractivity contribution >= 4 is 37.8 Å². The van der Waals surface area contributed by atoms with Crippen LogP contribution in [0.2, 0.25) is 0 Å². The van der Waals surface area contributed by atoms with E-state index in [1.807, 2.05) is 6.07 Å². The van der Waals surface area contributed by atoms with Crippen LogP contribution in [0.1, 0.15) is 24.4 Å². The van der Waals surface area contributed by atoms with E-state index >= 15 is 0 Å². The molecule has 0 bridgehead atoms. The quantitative estimate of drug-likeness (QED) is 0.550. The van der Waals surface area contributed by atoms with Gasteiger partial charge in [0.15, 0.2) is 0 Å². The molecule has 0 aliphatic carbocycles. The van der Waals surface area contributed by atoms with E-state index in [9.17, 15) is 18.0 Å². The third-order valence-electron chi connectivity index (χ3n) is 3.88. The van der Waals surface area contributed by atoms with Crippen LogP contribution in [0.15, 0.2) is 64.0 Å². The van der Waals surface area contributed by atoms with E-state index in [4.69, 9.17) is 4.74 Å². The molecule has 2 aromatic rings. The molecule has 1 atom stereocenters. The van der Waals surface area contributed by atoms with Crippen LogP contribution in [0.3, 0.4) is 0 Å². The summed E-state index contributed by atoms with van der Waals surface area (Å²) in [5, 5.41) is 2.76. The molecule has 0 heterocycles. The van der Waals surface area contributed by atoms with Crippen molar-refractivity contribution in [1.29, 1.82) is 0 Å². The van der Waals surface area contributed by atoms with Gasteiger partial charge in [-0.15, -0.1) is 0 Å². The zero-order chi connectivity index (χ0) is 20.6. The van der Waals surface area contributed by atoms with Crippen LogP contribution >= 0.6 is 15.9 Å². The molecule has 0 fully saturated rings. The maximum atomic E-state index is 12.3. The van der Waals surface area contributed by atoms with Gasteiger partial charge in [0.1, 0.15) is 0 Å². The minimum atomic E-state index is -3.68. The van der Waals surface area contributed by atoms with Gasteiger partial charge in [-0.05, 0) is 29.8 Å². The van der Waals surface area contributed by atoms with Gasteiger partial charge in [-0.1, -0.05) is 46.3 Å². The van der Waals surface area contributed by atoms with Gasteiger partial charge >= 0.3 is 5.97 Å². The van der Waals surface area contributed by atoms with Crippen molar-refractivity contribution < 1.29 is 22.7 Å². The maximum absolute atomic E-state index is 12.3. The van der Waals surface area contributed by atoms with E-state index in [2.05, 4.69) is 26.0 Å². The lowest BCUT2D eigenvalue weighted by Crippen LogP contribution is -2.34. The Morgan fingerprint density at radius 1 is 1.11 bits per heavy atom. The number of sulfonamides is 1. The highest BCUT2D eigenvalue weighted by Gasteiger charge is 2.20. The second-order valence-electron chi connectivity index (χ2n) is 5.92. The average Bonchev–Trinajstić information content (AvgIpc) is 2.68. The largest absolute Gasteiger partial charge is 0.469 e. The molecule has 150 valence electrons. The van der Waals surface area contributed by atoms with Crippen molar-refractivity contribution in [3.63, 3.8) is 0 Å². The van der Waals surface area contributed by atoms with Crippen LogP contribution in [0.5, 0.6) is 0 Å². The summed E-state index contributed by atoms with van der Waals surface area (Å²) in [5.74, 6) is -0.848. The minimum Gasteiger partial charge on any atom is -0.469 e. The van der Waals surface area contributed by atoms with Gasteiger partial charge in [0, 0.05) is 17.4 Å². The number of carbonyl (C=O) groups excluding carboxylic acids is 2. The third kappa shape index (κ3) is 6.74. The first-order valence-electron chi connectivity index (χ1n) is 8.48. The monoisotopic (exact) mass is 468 g/mol. The zero-order valence-electron chi connectivity index (χ0n) is 15.2.